The summed E-state index contributed by atoms with van der Waals surface area (Å²) in [4.78, 5) is 26.7. The van der Waals surface area contributed by atoms with Crippen LogP contribution in [-0.2, 0) is 16.1 Å². The fraction of sp³-hybridized carbons (Fsp3) is 0.636. The van der Waals surface area contributed by atoms with Gasteiger partial charge >= 0.3 is 0 Å². The van der Waals surface area contributed by atoms with Gasteiger partial charge < -0.3 is 15.0 Å². The number of carbonyl (C=O) groups is 2. The Labute approximate surface area is 163 Å². The smallest absolute Gasteiger partial charge is 0.227 e. The number of benzene rings is 1. The summed E-state index contributed by atoms with van der Waals surface area (Å²) < 4.78 is 5.72. The van der Waals surface area contributed by atoms with Crippen LogP contribution in [0.3, 0.4) is 0 Å². The summed E-state index contributed by atoms with van der Waals surface area (Å²) in [6.45, 7) is 10.5. The van der Waals surface area contributed by atoms with Crippen molar-refractivity contribution >= 4 is 11.8 Å². The van der Waals surface area contributed by atoms with Gasteiger partial charge in [0.1, 0.15) is 5.75 Å². The predicted molar refractivity (Wildman–Crippen MR) is 107 cm³/mol. The number of hydrogen-bond acceptors (Lipinski definition) is 3. The molecule has 0 radical (unpaired) electrons. The van der Waals surface area contributed by atoms with Crippen molar-refractivity contribution in [2.24, 2.45) is 11.3 Å². The highest BCUT2D eigenvalue weighted by atomic mass is 16.5. The number of carbonyl (C=O) groups excluding carboxylic acids is 2. The molecule has 150 valence electrons. The van der Waals surface area contributed by atoms with E-state index in [1.807, 2.05) is 49.9 Å². The van der Waals surface area contributed by atoms with Crippen molar-refractivity contribution in [3.8, 4) is 5.75 Å². The van der Waals surface area contributed by atoms with Gasteiger partial charge in [-0.15, -0.1) is 0 Å². The quantitative estimate of drug-likeness (QED) is 0.739. The molecule has 1 fully saturated rings. The van der Waals surface area contributed by atoms with Crippen molar-refractivity contribution in [2.45, 2.75) is 59.9 Å². The van der Waals surface area contributed by atoms with Crippen LogP contribution < -0.4 is 10.1 Å². The van der Waals surface area contributed by atoms with Gasteiger partial charge in [0.2, 0.25) is 11.8 Å². The van der Waals surface area contributed by atoms with Gasteiger partial charge in [-0.2, -0.15) is 0 Å². The minimum atomic E-state index is -0.362. The number of nitrogens with one attached hydrogen (secondary N) is 1. The van der Waals surface area contributed by atoms with Crippen LogP contribution in [0.25, 0.3) is 0 Å². The Morgan fingerprint density at radius 2 is 1.93 bits per heavy atom. The monoisotopic (exact) mass is 374 g/mol. The molecule has 0 saturated carbocycles. The zero-order valence-electron chi connectivity index (χ0n) is 17.2. The second-order valence-electron chi connectivity index (χ2n) is 8.38. The van der Waals surface area contributed by atoms with Crippen LogP contribution in [0.5, 0.6) is 5.75 Å². The van der Waals surface area contributed by atoms with Gasteiger partial charge in [-0.1, -0.05) is 46.2 Å². The Hall–Kier alpha value is -2.04. The molecule has 0 aliphatic carbocycles. The van der Waals surface area contributed by atoms with Gasteiger partial charge in [-0.25, -0.2) is 0 Å². The fourth-order valence-corrected chi connectivity index (χ4v) is 3.23. The molecule has 1 aliphatic rings. The van der Waals surface area contributed by atoms with E-state index in [1.54, 1.807) is 0 Å². The van der Waals surface area contributed by atoms with Gasteiger partial charge in [0, 0.05) is 31.0 Å². The van der Waals surface area contributed by atoms with Crippen molar-refractivity contribution in [3.05, 3.63) is 29.8 Å². The Morgan fingerprint density at radius 1 is 1.22 bits per heavy atom. The normalized spacial score (nSPS) is 15.5. The van der Waals surface area contributed by atoms with Crippen LogP contribution in [0.1, 0.15) is 58.9 Å². The molecule has 2 amide bonds. The molecule has 1 aromatic carbocycles. The molecule has 1 aromatic rings. The molecule has 5 heteroatoms. The molecule has 0 unspecified atom stereocenters. The topological polar surface area (TPSA) is 58.6 Å². The molecule has 1 heterocycles. The van der Waals surface area contributed by atoms with E-state index in [0.29, 0.717) is 19.6 Å². The Morgan fingerprint density at radius 3 is 2.56 bits per heavy atom. The lowest BCUT2D eigenvalue weighted by molar-refractivity contribution is -0.142. The van der Waals surface area contributed by atoms with E-state index in [1.165, 1.54) is 0 Å². The third-order valence-electron chi connectivity index (χ3n) is 4.93. The van der Waals surface area contributed by atoms with Gasteiger partial charge in [0.25, 0.3) is 0 Å². The molecule has 2 rings (SSSR count). The molecule has 1 aliphatic heterocycles. The van der Waals surface area contributed by atoms with Crippen LogP contribution >= 0.6 is 0 Å². The number of likely N-dealkylation sites (tertiary alicyclic amines) is 1. The first-order chi connectivity index (χ1) is 12.8. The van der Waals surface area contributed by atoms with E-state index in [-0.39, 0.29) is 23.1 Å². The highest BCUT2D eigenvalue weighted by Gasteiger charge is 2.32. The third-order valence-corrected chi connectivity index (χ3v) is 4.93. The largest absolute Gasteiger partial charge is 0.494 e. The highest BCUT2D eigenvalue weighted by molar-refractivity contribution is 5.82. The summed E-state index contributed by atoms with van der Waals surface area (Å²) in [6.07, 6.45) is 3.61. The van der Waals surface area contributed by atoms with Crippen LogP contribution in [0.15, 0.2) is 24.3 Å². The Kier molecular flexibility index (Phi) is 7.69. The van der Waals surface area contributed by atoms with E-state index in [4.69, 9.17) is 4.74 Å². The van der Waals surface area contributed by atoms with Crippen molar-refractivity contribution in [1.82, 2.24) is 10.2 Å². The lowest BCUT2D eigenvalue weighted by atomic mass is 9.90. The standard InChI is InChI=1S/C22H34N2O3/c1-5-6-14-27-19-9-7-8-17(15-19)16-23-20(25)18-10-12-24(13-11-18)21(26)22(2,3)4/h7-9,15,18H,5-6,10-14,16H2,1-4H3,(H,23,25). The number of unbranched alkanes of at least 4 members (excludes halogenated alkanes) is 1. The van der Waals surface area contributed by atoms with Crippen molar-refractivity contribution in [3.63, 3.8) is 0 Å². The Bertz CT molecular complexity index is 629. The van der Waals surface area contributed by atoms with E-state index in [2.05, 4.69) is 12.2 Å². The molecule has 27 heavy (non-hydrogen) atoms. The molecule has 0 spiro atoms. The molecular weight excluding hydrogens is 340 g/mol. The first kappa shape index (κ1) is 21.3. The summed E-state index contributed by atoms with van der Waals surface area (Å²) >= 11 is 0. The van der Waals surface area contributed by atoms with Gasteiger partial charge in [0.05, 0.1) is 6.61 Å². The maximum atomic E-state index is 12.5. The molecule has 1 N–H and O–H groups in total. The summed E-state index contributed by atoms with van der Waals surface area (Å²) in [5.74, 6) is 1.08. The number of piperidine rings is 1. The average molecular weight is 375 g/mol. The highest BCUT2D eigenvalue weighted by Crippen LogP contribution is 2.24. The number of nitrogens with zero attached hydrogens (tertiary/aromatic N) is 1. The molecule has 1 saturated heterocycles. The summed E-state index contributed by atoms with van der Waals surface area (Å²) in [7, 11) is 0. The van der Waals surface area contributed by atoms with Crippen LogP contribution in [0.2, 0.25) is 0 Å². The zero-order chi connectivity index (χ0) is 19.9. The number of hydrogen-bond donors (Lipinski definition) is 1. The van der Waals surface area contributed by atoms with E-state index in [0.717, 1.165) is 43.6 Å². The summed E-state index contributed by atoms with van der Waals surface area (Å²) in [6, 6.07) is 7.89. The number of ether oxygens (including phenoxy) is 1. The number of rotatable bonds is 7. The predicted octanol–water partition coefficient (Wildman–Crippen LogP) is 3.77. The lowest BCUT2D eigenvalue weighted by Gasteiger charge is -2.35. The maximum Gasteiger partial charge on any atom is 0.227 e. The molecule has 0 aromatic heterocycles. The number of amides is 2. The van der Waals surface area contributed by atoms with Crippen molar-refractivity contribution < 1.29 is 14.3 Å². The van der Waals surface area contributed by atoms with E-state index in [9.17, 15) is 9.59 Å². The van der Waals surface area contributed by atoms with Crippen LogP contribution in [0.4, 0.5) is 0 Å². The molecular formula is C22H34N2O3. The Balaban J connectivity index is 1.78. The first-order valence-electron chi connectivity index (χ1n) is 10.1. The third kappa shape index (κ3) is 6.56. The summed E-state index contributed by atoms with van der Waals surface area (Å²) in [5, 5.41) is 3.04. The van der Waals surface area contributed by atoms with Gasteiger partial charge in [-0.05, 0) is 37.0 Å². The average Bonchev–Trinajstić information content (AvgIpc) is 2.65. The van der Waals surface area contributed by atoms with Gasteiger partial charge in [0.15, 0.2) is 0 Å². The maximum absolute atomic E-state index is 12.5. The summed E-state index contributed by atoms with van der Waals surface area (Å²) in [5.41, 5.74) is 0.678. The zero-order valence-corrected chi connectivity index (χ0v) is 17.2. The van der Waals surface area contributed by atoms with Crippen molar-refractivity contribution in [1.29, 1.82) is 0 Å². The molecule has 5 nitrogen and oxygen atoms in total. The second-order valence-corrected chi connectivity index (χ2v) is 8.38. The molecule has 0 atom stereocenters. The van der Waals surface area contributed by atoms with Crippen LogP contribution in [-0.4, -0.2) is 36.4 Å². The second kappa shape index (κ2) is 9.77. The first-order valence-corrected chi connectivity index (χ1v) is 10.1. The minimum Gasteiger partial charge on any atom is -0.494 e. The fourth-order valence-electron chi connectivity index (χ4n) is 3.23. The van der Waals surface area contributed by atoms with Crippen LogP contribution in [0, 0.1) is 11.3 Å². The van der Waals surface area contributed by atoms with E-state index >= 15 is 0 Å². The van der Waals surface area contributed by atoms with E-state index < -0.39 is 0 Å². The molecule has 0 bridgehead atoms. The lowest BCUT2D eigenvalue weighted by Crippen LogP contribution is -2.46. The van der Waals surface area contributed by atoms with Crippen molar-refractivity contribution in [2.75, 3.05) is 19.7 Å². The minimum absolute atomic E-state index is 0.0157. The van der Waals surface area contributed by atoms with Gasteiger partial charge in [-0.3, -0.25) is 9.59 Å². The SMILES string of the molecule is CCCCOc1cccc(CNC(=O)C2CCN(C(=O)C(C)(C)C)CC2)c1.